The molecule has 3 aromatic carbocycles. The van der Waals surface area contributed by atoms with Crippen molar-refractivity contribution in [2.24, 2.45) is 0 Å². The van der Waals surface area contributed by atoms with Crippen LogP contribution in [0, 0.1) is 0 Å². The second-order valence-electron chi connectivity index (χ2n) is 8.02. The quantitative estimate of drug-likeness (QED) is 0.334. The fourth-order valence-electron chi connectivity index (χ4n) is 5.35. The van der Waals surface area contributed by atoms with E-state index in [1.807, 2.05) is 6.20 Å². The first kappa shape index (κ1) is 14.6. The minimum absolute atomic E-state index is 0.909. The van der Waals surface area contributed by atoms with Crippen LogP contribution in [0.5, 0.6) is 0 Å². The molecule has 0 atom stereocenters. The van der Waals surface area contributed by atoms with Gasteiger partial charge in [-0.3, -0.25) is 4.98 Å². The number of anilines is 3. The fraction of sp³-hybridized carbons (Fsp3) is 0.115. The molecule has 0 amide bonds. The van der Waals surface area contributed by atoms with Crippen molar-refractivity contribution in [2.45, 2.75) is 19.3 Å². The maximum Gasteiger partial charge on any atom is 0.0716 e. The largest absolute Gasteiger partial charge is 0.307 e. The summed E-state index contributed by atoms with van der Waals surface area (Å²) >= 11 is 0. The summed E-state index contributed by atoms with van der Waals surface area (Å²) in [5, 5.41) is 0. The van der Waals surface area contributed by atoms with E-state index in [2.05, 4.69) is 71.6 Å². The van der Waals surface area contributed by atoms with Crippen molar-refractivity contribution in [3.63, 3.8) is 0 Å². The lowest BCUT2D eigenvalue weighted by Crippen LogP contribution is -2.26. The van der Waals surface area contributed by atoms with Crippen LogP contribution in [0.2, 0.25) is 0 Å². The van der Waals surface area contributed by atoms with Gasteiger partial charge in [-0.05, 0) is 51.9 Å². The Bertz CT molecular complexity index is 1290. The molecule has 3 aliphatic rings. The average Bonchev–Trinajstić information content (AvgIpc) is 3.12. The zero-order chi connectivity index (χ0) is 18.2. The molecule has 0 unspecified atom stereocenters. The molecule has 0 radical (unpaired) electrons. The predicted octanol–water partition coefficient (Wildman–Crippen LogP) is 5.93. The van der Waals surface area contributed by atoms with Crippen molar-refractivity contribution in [1.82, 2.24) is 4.98 Å². The molecule has 3 heterocycles. The van der Waals surface area contributed by atoms with Gasteiger partial charge in [-0.25, -0.2) is 0 Å². The van der Waals surface area contributed by atoms with Gasteiger partial charge in [0.2, 0.25) is 0 Å². The van der Waals surface area contributed by atoms with E-state index in [0.717, 1.165) is 19.3 Å². The molecule has 132 valence electrons. The molecule has 1 aromatic heterocycles. The summed E-state index contributed by atoms with van der Waals surface area (Å²) in [7, 11) is 0. The van der Waals surface area contributed by atoms with E-state index >= 15 is 0 Å². The molecular weight excluding hydrogens is 340 g/mol. The molecule has 4 aromatic rings. The summed E-state index contributed by atoms with van der Waals surface area (Å²) in [6.45, 7) is 0. The zero-order valence-electron chi connectivity index (χ0n) is 15.4. The third-order valence-electron chi connectivity index (χ3n) is 6.52. The van der Waals surface area contributed by atoms with Gasteiger partial charge in [-0.15, -0.1) is 0 Å². The molecular formula is C26H18N2. The summed E-state index contributed by atoms with van der Waals surface area (Å²) in [6, 6.07) is 24.6. The Morgan fingerprint density at radius 1 is 0.607 bits per heavy atom. The molecule has 2 aliphatic heterocycles. The van der Waals surface area contributed by atoms with Gasteiger partial charge in [-0.2, -0.15) is 0 Å². The standard InChI is InChI=1S/C26H18N2/c1-3-7-21-16(5-1)13-18-9-10-19-15-22-25-20(11-12-27-22)14-17-6-2-4-8-23(17)28(25)26(19)24(18)21/h1-12H,13-15H2. The van der Waals surface area contributed by atoms with Crippen LogP contribution < -0.4 is 4.90 Å². The monoisotopic (exact) mass is 358 g/mol. The SMILES string of the molecule is c1ccc2c(c1)Cc1ccc3c(c1-2)N1c2ccccc2Cc2ccnc(c21)C3. The summed E-state index contributed by atoms with van der Waals surface area (Å²) < 4.78 is 0. The lowest BCUT2D eigenvalue weighted by molar-refractivity contribution is 0.960. The summed E-state index contributed by atoms with van der Waals surface area (Å²) in [4.78, 5) is 7.29. The maximum atomic E-state index is 4.78. The van der Waals surface area contributed by atoms with E-state index in [-0.39, 0.29) is 0 Å². The molecule has 28 heavy (non-hydrogen) atoms. The van der Waals surface area contributed by atoms with Gasteiger partial charge in [0.1, 0.15) is 0 Å². The van der Waals surface area contributed by atoms with Gasteiger partial charge < -0.3 is 4.90 Å². The Labute approximate surface area is 164 Å². The highest BCUT2D eigenvalue weighted by molar-refractivity contribution is 5.98. The topological polar surface area (TPSA) is 16.1 Å². The number of nitrogens with zero attached hydrogens (tertiary/aromatic N) is 2. The fourth-order valence-corrected chi connectivity index (χ4v) is 5.35. The zero-order valence-corrected chi connectivity index (χ0v) is 15.4. The van der Waals surface area contributed by atoms with E-state index in [1.54, 1.807) is 0 Å². The van der Waals surface area contributed by atoms with Crippen LogP contribution >= 0.6 is 0 Å². The van der Waals surface area contributed by atoms with Gasteiger partial charge in [0.05, 0.1) is 17.1 Å². The van der Waals surface area contributed by atoms with Crippen LogP contribution in [0.15, 0.2) is 72.9 Å². The van der Waals surface area contributed by atoms with E-state index < -0.39 is 0 Å². The van der Waals surface area contributed by atoms with Crippen LogP contribution in [0.4, 0.5) is 17.1 Å². The first-order valence-electron chi connectivity index (χ1n) is 9.96. The number of rotatable bonds is 0. The minimum Gasteiger partial charge on any atom is -0.307 e. The Kier molecular flexibility index (Phi) is 2.67. The Morgan fingerprint density at radius 2 is 1.36 bits per heavy atom. The van der Waals surface area contributed by atoms with Gasteiger partial charge >= 0.3 is 0 Å². The van der Waals surface area contributed by atoms with Crippen LogP contribution in [-0.2, 0) is 19.3 Å². The molecule has 0 saturated heterocycles. The maximum absolute atomic E-state index is 4.78. The molecule has 2 heteroatoms. The molecule has 0 saturated carbocycles. The highest BCUT2D eigenvalue weighted by Crippen LogP contribution is 2.55. The van der Waals surface area contributed by atoms with Crippen molar-refractivity contribution in [3.05, 3.63) is 106 Å². The normalized spacial score (nSPS) is 14.6. The highest BCUT2D eigenvalue weighted by Gasteiger charge is 2.36. The van der Waals surface area contributed by atoms with Crippen molar-refractivity contribution in [2.75, 3.05) is 4.90 Å². The second-order valence-corrected chi connectivity index (χ2v) is 8.02. The van der Waals surface area contributed by atoms with Crippen LogP contribution in [-0.4, -0.2) is 4.98 Å². The number of benzene rings is 3. The van der Waals surface area contributed by atoms with Crippen molar-refractivity contribution in [3.8, 4) is 11.1 Å². The molecule has 2 nitrogen and oxygen atoms in total. The summed E-state index contributed by atoms with van der Waals surface area (Å²) in [5.41, 5.74) is 15.0. The van der Waals surface area contributed by atoms with Gasteiger partial charge in [0.25, 0.3) is 0 Å². The molecule has 0 bridgehead atoms. The van der Waals surface area contributed by atoms with Gasteiger partial charge in [-0.1, -0.05) is 54.6 Å². The van der Waals surface area contributed by atoms with Crippen LogP contribution in [0.1, 0.15) is 33.5 Å². The molecule has 1 aliphatic carbocycles. The number of fused-ring (bicyclic) bond motifs is 8. The number of pyridine rings is 1. The molecule has 0 spiro atoms. The van der Waals surface area contributed by atoms with Gasteiger partial charge in [0, 0.05) is 30.3 Å². The second kappa shape index (κ2) is 5.11. The van der Waals surface area contributed by atoms with E-state index in [1.165, 1.54) is 61.7 Å². The van der Waals surface area contributed by atoms with Crippen molar-refractivity contribution >= 4 is 17.1 Å². The predicted molar refractivity (Wildman–Crippen MR) is 113 cm³/mol. The number of hydrogen-bond acceptors (Lipinski definition) is 2. The lowest BCUT2D eigenvalue weighted by atomic mass is 9.86. The Morgan fingerprint density at radius 3 is 2.32 bits per heavy atom. The third-order valence-corrected chi connectivity index (χ3v) is 6.52. The molecule has 0 fully saturated rings. The van der Waals surface area contributed by atoms with E-state index in [0.29, 0.717) is 0 Å². The van der Waals surface area contributed by atoms with Crippen LogP contribution in [0.3, 0.4) is 0 Å². The van der Waals surface area contributed by atoms with Crippen molar-refractivity contribution < 1.29 is 0 Å². The number of para-hydroxylation sites is 1. The average molecular weight is 358 g/mol. The van der Waals surface area contributed by atoms with E-state index in [4.69, 9.17) is 4.98 Å². The Balaban J connectivity index is 1.60. The van der Waals surface area contributed by atoms with Crippen LogP contribution in [0.25, 0.3) is 11.1 Å². The minimum atomic E-state index is 0.909. The highest BCUT2D eigenvalue weighted by atomic mass is 15.2. The number of hydrogen-bond donors (Lipinski definition) is 0. The van der Waals surface area contributed by atoms with Gasteiger partial charge in [0.15, 0.2) is 0 Å². The Hall–Kier alpha value is -3.39. The van der Waals surface area contributed by atoms with E-state index in [9.17, 15) is 0 Å². The van der Waals surface area contributed by atoms with Crippen molar-refractivity contribution in [1.29, 1.82) is 0 Å². The third kappa shape index (κ3) is 1.75. The molecule has 7 rings (SSSR count). The first-order chi connectivity index (χ1) is 13.9. The summed E-state index contributed by atoms with van der Waals surface area (Å²) in [5.74, 6) is 0. The summed E-state index contributed by atoms with van der Waals surface area (Å²) in [6.07, 6.45) is 4.90. The first-order valence-corrected chi connectivity index (χ1v) is 9.96. The number of aromatic nitrogens is 1. The molecule has 0 N–H and O–H groups in total. The lowest BCUT2D eigenvalue weighted by Gasteiger charge is -2.40. The smallest absolute Gasteiger partial charge is 0.0716 e.